The van der Waals surface area contributed by atoms with Crippen molar-refractivity contribution >= 4 is 27.2 Å². The van der Waals surface area contributed by atoms with Gasteiger partial charge in [0.2, 0.25) is 10.0 Å². The molecule has 1 rings (SSSR count). The maximum Gasteiger partial charge on any atom is 0.399 e. The lowest BCUT2D eigenvalue weighted by atomic mass is 10.1. The molecule has 1 heterocycles. The van der Waals surface area contributed by atoms with Gasteiger partial charge in [-0.3, -0.25) is 4.90 Å². The van der Waals surface area contributed by atoms with Crippen LogP contribution in [-0.4, -0.2) is 67.8 Å². The van der Waals surface area contributed by atoms with Crippen molar-refractivity contribution in [3.63, 3.8) is 0 Å². The summed E-state index contributed by atoms with van der Waals surface area (Å²) in [6.07, 6.45) is -3.39. The van der Waals surface area contributed by atoms with Gasteiger partial charge in [-0.2, -0.15) is 17.5 Å². The van der Waals surface area contributed by atoms with Gasteiger partial charge in [0.05, 0.1) is 11.2 Å². The smallest absolute Gasteiger partial charge is 0.393 e. The number of hydrogen-bond donors (Lipinski definition) is 1. The van der Waals surface area contributed by atoms with Crippen LogP contribution in [0.3, 0.4) is 0 Å². The largest absolute Gasteiger partial charge is 0.399 e. The zero-order chi connectivity index (χ0) is 14.8. The van der Waals surface area contributed by atoms with Crippen LogP contribution < -0.4 is 5.73 Å². The standard InChI is InChI=1S/C9H16F3N3O2S2/c1-19(16,17)15-4-2-14(3-5-15)6-7(8(13)18)9(10,11)12/h7H,2-6H2,1H3,(H2,13,18). The first-order valence-corrected chi connectivity index (χ1v) is 7.81. The lowest BCUT2D eigenvalue weighted by Gasteiger charge is -2.35. The summed E-state index contributed by atoms with van der Waals surface area (Å²) in [5.41, 5.74) is 5.12. The van der Waals surface area contributed by atoms with Crippen molar-refractivity contribution in [2.24, 2.45) is 11.7 Å². The molecule has 1 saturated heterocycles. The summed E-state index contributed by atoms with van der Waals surface area (Å²) in [5.74, 6) is -1.85. The summed E-state index contributed by atoms with van der Waals surface area (Å²) in [7, 11) is -3.29. The van der Waals surface area contributed by atoms with E-state index in [2.05, 4.69) is 12.2 Å². The molecule has 0 aliphatic carbocycles. The number of nitrogens with two attached hydrogens (primary N) is 1. The molecule has 0 amide bonds. The number of halogens is 3. The summed E-state index contributed by atoms with van der Waals surface area (Å²) < 4.78 is 61.9. The van der Waals surface area contributed by atoms with Gasteiger partial charge >= 0.3 is 6.18 Å². The van der Waals surface area contributed by atoms with E-state index >= 15 is 0 Å². The van der Waals surface area contributed by atoms with Gasteiger partial charge in [0.1, 0.15) is 5.92 Å². The van der Waals surface area contributed by atoms with E-state index in [1.807, 2.05) is 0 Å². The Balaban J connectivity index is 2.59. The quantitative estimate of drug-likeness (QED) is 0.741. The first-order valence-electron chi connectivity index (χ1n) is 5.55. The second-order valence-electron chi connectivity index (χ2n) is 4.46. The van der Waals surface area contributed by atoms with E-state index in [0.717, 1.165) is 6.26 Å². The molecule has 1 fully saturated rings. The van der Waals surface area contributed by atoms with Crippen molar-refractivity contribution in [3.8, 4) is 0 Å². The van der Waals surface area contributed by atoms with Gasteiger partial charge in [0.25, 0.3) is 0 Å². The van der Waals surface area contributed by atoms with Gasteiger partial charge in [0.15, 0.2) is 0 Å². The van der Waals surface area contributed by atoms with Gasteiger partial charge in [-0.15, -0.1) is 0 Å². The Kier molecular flexibility index (Phi) is 5.15. The van der Waals surface area contributed by atoms with Crippen molar-refractivity contribution in [2.45, 2.75) is 6.18 Å². The van der Waals surface area contributed by atoms with Crippen molar-refractivity contribution in [3.05, 3.63) is 0 Å². The van der Waals surface area contributed by atoms with Crippen LogP contribution in [0.25, 0.3) is 0 Å². The summed E-state index contributed by atoms with van der Waals surface area (Å²) >= 11 is 4.44. The van der Waals surface area contributed by atoms with Gasteiger partial charge in [-0.25, -0.2) is 8.42 Å². The third-order valence-electron chi connectivity index (χ3n) is 2.98. The third-order valence-corrected chi connectivity index (χ3v) is 4.57. The number of thiocarbonyl (C=S) groups is 1. The Hall–Kier alpha value is -0.450. The third kappa shape index (κ3) is 4.86. The molecule has 1 aliphatic rings. The molecule has 0 spiro atoms. The molecule has 10 heteroatoms. The molecule has 19 heavy (non-hydrogen) atoms. The number of hydrogen-bond acceptors (Lipinski definition) is 4. The van der Waals surface area contributed by atoms with E-state index < -0.39 is 27.1 Å². The average molecular weight is 319 g/mol. The molecule has 1 unspecified atom stereocenters. The van der Waals surface area contributed by atoms with E-state index in [1.54, 1.807) is 0 Å². The van der Waals surface area contributed by atoms with E-state index in [0.29, 0.717) is 0 Å². The Bertz CT molecular complexity index is 430. The number of rotatable bonds is 4. The van der Waals surface area contributed by atoms with Gasteiger partial charge in [-0.1, -0.05) is 12.2 Å². The van der Waals surface area contributed by atoms with E-state index in [4.69, 9.17) is 5.73 Å². The summed E-state index contributed by atoms with van der Waals surface area (Å²) in [4.78, 5) is 0.942. The highest BCUT2D eigenvalue weighted by Gasteiger charge is 2.43. The van der Waals surface area contributed by atoms with Crippen LogP contribution in [0.5, 0.6) is 0 Å². The van der Waals surface area contributed by atoms with Crippen LogP contribution >= 0.6 is 12.2 Å². The zero-order valence-corrected chi connectivity index (χ0v) is 12.0. The van der Waals surface area contributed by atoms with Crippen LogP contribution in [0, 0.1) is 5.92 Å². The molecule has 1 aliphatic heterocycles. The molecule has 0 radical (unpaired) electrons. The molecule has 2 N–H and O–H groups in total. The minimum Gasteiger partial charge on any atom is -0.393 e. The molecule has 0 aromatic rings. The molecule has 0 aromatic heterocycles. The summed E-state index contributed by atoms with van der Waals surface area (Å²) in [6.45, 7) is 0.516. The first-order chi connectivity index (χ1) is 8.51. The molecule has 0 saturated carbocycles. The molecular weight excluding hydrogens is 303 g/mol. The Morgan fingerprint density at radius 1 is 1.32 bits per heavy atom. The summed E-state index contributed by atoms with van der Waals surface area (Å²) in [5, 5.41) is 0. The Labute approximate surface area is 115 Å². The van der Waals surface area contributed by atoms with Gasteiger partial charge in [0, 0.05) is 32.7 Å². The molecule has 0 aromatic carbocycles. The fourth-order valence-electron chi connectivity index (χ4n) is 1.86. The molecule has 112 valence electrons. The first kappa shape index (κ1) is 16.6. The maximum absolute atomic E-state index is 12.7. The van der Waals surface area contributed by atoms with Crippen LogP contribution in [0.15, 0.2) is 0 Å². The second kappa shape index (κ2) is 5.90. The van der Waals surface area contributed by atoms with Crippen LogP contribution in [0.1, 0.15) is 0 Å². The van der Waals surface area contributed by atoms with Gasteiger partial charge in [-0.05, 0) is 0 Å². The molecular formula is C9H16F3N3O2S2. The Morgan fingerprint density at radius 3 is 2.11 bits per heavy atom. The second-order valence-corrected chi connectivity index (χ2v) is 6.91. The van der Waals surface area contributed by atoms with Crippen molar-refractivity contribution in [1.82, 2.24) is 9.21 Å². The lowest BCUT2D eigenvalue weighted by molar-refractivity contribution is -0.159. The predicted molar refractivity (Wildman–Crippen MR) is 69.2 cm³/mol. The highest BCUT2D eigenvalue weighted by Crippen LogP contribution is 2.27. The normalized spacial score (nSPS) is 21.3. The van der Waals surface area contributed by atoms with Crippen molar-refractivity contribution in [2.75, 3.05) is 39.0 Å². The minimum atomic E-state index is -4.47. The van der Waals surface area contributed by atoms with Gasteiger partial charge < -0.3 is 5.73 Å². The van der Waals surface area contributed by atoms with Crippen molar-refractivity contribution in [1.29, 1.82) is 0 Å². The fourth-order valence-corrected chi connectivity index (χ4v) is 2.89. The van der Waals surface area contributed by atoms with Crippen molar-refractivity contribution < 1.29 is 21.6 Å². The molecule has 1 atom stereocenters. The number of alkyl halides is 3. The van der Waals surface area contributed by atoms with E-state index in [-0.39, 0.29) is 32.7 Å². The summed E-state index contributed by atoms with van der Waals surface area (Å²) in [6, 6.07) is 0. The monoisotopic (exact) mass is 319 g/mol. The topological polar surface area (TPSA) is 66.6 Å². The van der Waals surface area contributed by atoms with Crippen LogP contribution in [0.4, 0.5) is 13.2 Å². The minimum absolute atomic E-state index is 0.181. The predicted octanol–water partition coefficient (Wildman–Crippen LogP) is 0.0282. The molecule has 5 nitrogen and oxygen atoms in total. The highest BCUT2D eigenvalue weighted by molar-refractivity contribution is 7.88. The Morgan fingerprint density at radius 2 is 1.79 bits per heavy atom. The zero-order valence-electron chi connectivity index (χ0n) is 10.4. The van der Waals surface area contributed by atoms with Crippen LogP contribution in [-0.2, 0) is 10.0 Å². The maximum atomic E-state index is 12.7. The van der Waals surface area contributed by atoms with E-state index in [1.165, 1.54) is 9.21 Å². The average Bonchev–Trinajstić information content (AvgIpc) is 2.23. The number of sulfonamides is 1. The van der Waals surface area contributed by atoms with E-state index in [9.17, 15) is 21.6 Å². The molecule has 0 bridgehead atoms. The SMILES string of the molecule is CS(=O)(=O)N1CCN(CC(C(N)=S)C(F)(F)F)CC1. The highest BCUT2D eigenvalue weighted by atomic mass is 32.2. The number of nitrogens with zero attached hydrogens (tertiary/aromatic N) is 2. The lowest BCUT2D eigenvalue weighted by Crippen LogP contribution is -2.52. The fraction of sp³-hybridized carbons (Fsp3) is 0.889. The van der Waals surface area contributed by atoms with Crippen LogP contribution in [0.2, 0.25) is 0 Å². The number of piperazine rings is 1.